The van der Waals surface area contributed by atoms with Gasteiger partial charge >= 0.3 is 0 Å². The van der Waals surface area contributed by atoms with E-state index in [1.807, 2.05) is 36.6 Å². The molecular formula is C13H17N3OS. The van der Waals surface area contributed by atoms with Gasteiger partial charge in [0.1, 0.15) is 6.04 Å². The molecule has 1 atom stereocenters. The fourth-order valence-corrected chi connectivity index (χ4v) is 2.48. The van der Waals surface area contributed by atoms with Crippen LogP contribution in [0.3, 0.4) is 0 Å². The van der Waals surface area contributed by atoms with Crippen molar-refractivity contribution in [1.29, 1.82) is 0 Å². The molecular weight excluding hydrogens is 246 g/mol. The van der Waals surface area contributed by atoms with Crippen molar-refractivity contribution in [1.82, 2.24) is 14.5 Å². The molecule has 1 N–H and O–H groups in total. The van der Waals surface area contributed by atoms with Crippen LogP contribution in [0.2, 0.25) is 0 Å². The van der Waals surface area contributed by atoms with Crippen LogP contribution in [0.5, 0.6) is 0 Å². The van der Waals surface area contributed by atoms with E-state index in [9.17, 15) is 4.79 Å². The van der Waals surface area contributed by atoms with Crippen molar-refractivity contribution in [3.05, 3.63) is 28.5 Å². The number of carbonyl (C=O) groups is 1. The average Bonchev–Trinajstić information content (AvgIpc) is 2.62. The lowest BCUT2D eigenvalue weighted by Crippen LogP contribution is -2.29. The van der Waals surface area contributed by atoms with E-state index in [4.69, 9.17) is 12.2 Å². The fourth-order valence-electron chi connectivity index (χ4n) is 2.11. The number of H-pyrrole nitrogens is 1. The zero-order valence-electron chi connectivity index (χ0n) is 11.0. The molecule has 1 unspecified atom stereocenters. The van der Waals surface area contributed by atoms with Gasteiger partial charge in [0.05, 0.1) is 11.0 Å². The maximum absolute atomic E-state index is 12.0. The Labute approximate surface area is 111 Å². The van der Waals surface area contributed by atoms with Crippen LogP contribution in [-0.4, -0.2) is 34.5 Å². The van der Waals surface area contributed by atoms with Crippen LogP contribution in [0.15, 0.2) is 18.2 Å². The summed E-state index contributed by atoms with van der Waals surface area (Å²) in [7, 11) is 3.50. The second kappa shape index (κ2) is 4.57. The van der Waals surface area contributed by atoms with Gasteiger partial charge in [-0.25, -0.2) is 0 Å². The number of aromatic nitrogens is 2. The standard InChI is InChI=1S/C13H17N3OS/c1-8-5-6-11-10(7-8)14-13(18)16(11)9(2)12(17)15(3)4/h5-7,9H,1-4H3,(H,14,18). The lowest BCUT2D eigenvalue weighted by molar-refractivity contribution is -0.131. The smallest absolute Gasteiger partial charge is 0.244 e. The van der Waals surface area contributed by atoms with Crippen LogP contribution in [0.25, 0.3) is 11.0 Å². The monoisotopic (exact) mass is 263 g/mol. The molecule has 0 saturated heterocycles. The molecule has 2 aromatic rings. The van der Waals surface area contributed by atoms with Gasteiger partial charge in [-0.15, -0.1) is 0 Å². The van der Waals surface area contributed by atoms with Crippen LogP contribution in [0.4, 0.5) is 0 Å². The number of aromatic amines is 1. The first-order chi connectivity index (χ1) is 8.41. The minimum absolute atomic E-state index is 0.0348. The topological polar surface area (TPSA) is 41.0 Å². The Morgan fingerprint density at radius 3 is 2.72 bits per heavy atom. The number of nitrogens with one attached hydrogen (secondary N) is 1. The Hall–Kier alpha value is -1.62. The summed E-state index contributed by atoms with van der Waals surface area (Å²) in [4.78, 5) is 16.8. The molecule has 1 heterocycles. The van der Waals surface area contributed by atoms with Crippen molar-refractivity contribution in [2.45, 2.75) is 19.9 Å². The quantitative estimate of drug-likeness (QED) is 0.846. The molecule has 96 valence electrons. The van der Waals surface area contributed by atoms with E-state index in [0.717, 1.165) is 16.6 Å². The third kappa shape index (κ3) is 2.06. The highest BCUT2D eigenvalue weighted by molar-refractivity contribution is 7.71. The van der Waals surface area contributed by atoms with Crippen LogP contribution in [0.1, 0.15) is 18.5 Å². The third-order valence-corrected chi connectivity index (χ3v) is 3.36. The largest absolute Gasteiger partial charge is 0.347 e. The average molecular weight is 263 g/mol. The van der Waals surface area contributed by atoms with Gasteiger partial charge in [-0.05, 0) is 43.8 Å². The van der Waals surface area contributed by atoms with Crippen molar-refractivity contribution < 1.29 is 4.79 Å². The van der Waals surface area contributed by atoms with Crippen LogP contribution in [0, 0.1) is 11.7 Å². The van der Waals surface area contributed by atoms with E-state index >= 15 is 0 Å². The summed E-state index contributed by atoms with van der Waals surface area (Å²) in [6, 6.07) is 5.75. The number of carbonyl (C=O) groups excluding carboxylic acids is 1. The van der Waals surface area contributed by atoms with Crippen molar-refractivity contribution in [3.63, 3.8) is 0 Å². The first-order valence-corrected chi connectivity index (χ1v) is 6.24. The van der Waals surface area contributed by atoms with Gasteiger partial charge < -0.3 is 14.5 Å². The van der Waals surface area contributed by atoms with Gasteiger partial charge in [0.2, 0.25) is 5.91 Å². The summed E-state index contributed by atoms with van der Waals surface area (Å²) in [5.74, 6) is 0.0348. The fraction of sp³-hybridized carbons (Fsp3) is 0.385. The van der Waals surface area contributed by atoms with Gasteiger partial charge in [0.15, 0.2) is 4.77 Å². The highest BCUT2D eigenvalue weighted by Crippen LogP contribution is 2.21. The third-order valence-electron chi connectivity index (χ3n) is 3.06. The second-order valence-corrected chi connectivity index (χ2v) is 5.12. The SMILES string of the molecule is Cc1ccc2c(c1)[nH]c(=S)n2C(C)C(=O)N(C)C. The van der Waals surface area contributed by atoms with Crippen LogP contribution >= 0.6 is 12.2 Å². The summed E-state index contributed by atoms with van der Waals surface area (Å²) in [5, 5.41) is 0. The minimum atomic E-state index is -0.302. The highest BCUT2D eigenvalue weighted by atomic mass is 32.1. The summed E-state index contributed by atoms with van der Waals surface area (Å²) in [6.07, 6.45) is 0. The van der Waals surface area contributed by atoms with Crippen LogP contribution < -0.4 is 0 Å². The minimum Gasteiger partial charge on any atom is -0.347 e. The molecule has 18 heavy (non-hydrogen) atoms. The number of rotatable bonds is 2. The first kappa shape index (κ1) is 12.8. The summed E-state index contributed by atoms with van der Waals surface area (Å²) in [5.41, 5.74) is 3.10. The number of amides is 1. The van der Waals surface area contributed by atoms with Gasteiger partial charge in [-0.3, -0.25) is 4.79 Å². The van der Waals surface area contributed by atoms with Crippen molar-refractivity contribution >= 4 is 29.2 Å². The Kier molecular flexibility index (Phi) is 3.26. The molecule has 2 rings (SSSR count). The molecule has 1 amide bonds. The maximum atomic E-state index is 12.0. The highest BCUT2D eigenvalue weighted by Gasteiger charge is 2.19. The predicted molar refractivity (Wildman–Crippen MR) is 75.3 cm³/mol. The lowest BCUT2D eigenvalue weighted by atomic mass is 10.2. The maximum Gasteiger partial charge on any atom is 0.244 e. The van der Waals surface area contributed by atoms with Crippen LogP contribution in [-0.2, 0) is 4.79 Å². The molecule has 0 fully saturated rings. The number of fused-ring (bicyclic) bond motifs is 1. The predicted octanol–water partition coefficient (Wildman–Crippen LogP) is 2.66. The van der Waals surface area contributed by atoms with E-state index in [1.165, 1.54) is 0 Å². The number of aryl methyl sites for hydroxylation is 1. The Morgan fingerprint density at radius 1 is 1.44 bits per heavy atom. The first-order valence-electron chi connectivity index (χ1n) is 5.84. The van der Waals surface area contributed by atoms with Gasteiger partial charge in [0, 0.05) is 14.1 Å². The zero-order chi connectivity index (χ0) is 13.4. The second-order valence-electron chi connectivity index (χ2n) is 4.73. The van der Waals surface area contributed by atoms with Crippen molar-refractivity contribution in [2.75, 3.05) is 14.1 Å². The Balaban J connectivity index is 2.61. The molecule has 1 aromatic carbocycles. The van der Waals surface area contributed by atoms with E-state index in [0.29, 0.717) is 4.77 Å². The number of hydrogen-bond donors (Lipinski definition) is 1. The van der Waals surface area contributed by atoms with Gasteiger partial charge in [0.25, 0.3) is 0 Å². The molecule has 4 nitrogen and oxygen atoms in total. The van der Waals surface area contributed by atoms with Gasteiger partial charge in [-0.2, -0.15) is 0 Å². The Bertz CT molecular complexity index is 654. The van der Waals surface area contributed by atoms with E-state index in [-0.39, 0.29) is 11.9 Å². The van der Waals surface area contributed by atoms with E-state index in [2.05, 4.69) is 4.98 Å². The summed E-state index contributed by atoms with van der Waals surface area (Å²) >= 11 is 5.31. The number of nitrogens with zero attached hydrogens (tertiary/aromatic N) is 2. The Morgan fingerprint density at radius 2 is 2.11 bits per heavy atom. The molecule has 0 aliphatic carbocycles. The number of benzene rings is 1. The van der Waals surface area contributed by atoms with E-state index < -0.39 is 0 Å². The molecule has 0 saturated carbocycles. The zero-order valence-corrected chi connectivity index (χ0v) is 11.8. The molecule has 0 bridgehead atoms. The van der Waals surface area contributed by atoms with Crippen molar-refractivity contribution in [2.24, 2.45) is 0 Å². The summed E-state index contributed by atoms with van der Waals surface area (Å²) in [6.45, 7) is 3.90. The van der Waals surface area contributed by atoms with E-state index in [1.54, 1.807) is 19.0 Å². The molecule has 0 radical (unpaired) electrons. The number of imidazole rings is 1. The molecule has 5 heteroatoms. The molecule has 0 spiro atoms. The summed E-state index contributed by atoms with van der Waals surface area (Å²) < 4.78 is 2.45. The molecule has 0 aliphatic heterocycles. The normalized spacial score (nSPS) is 12.7. The van der Waals surface area contributed by atoms with Gasteiger partial charge in [-0.1, -0.05) is 6.07 Å². The molecule has 1 aromatic heterocycles. The van der Waals surface area contributed by atoms with Crippen molar-refractivity contribution in [3.8, 4) is 0 Å². The molecule has 0 aliphatic rings. The lowest BCUT2D eigenvalue weighted by Gasteiger charge is -2.18. The number of hydrogen-bond acceptors (Lipinski definition) is 2. The number of likely N-dealkylation sites (N-methyl/N-ethyl adjacent to an activating group) is 1.